The Morgan fingerprint density at radius 2 is 1.89 bits per heavy atom. The van der Waals surface area contributed by atoms with E-state index >= 15 is 0 Å². The number of carboxylic acid groups (broad SMARTS) is 1. The van der Waals surface area contributed by atoms with E-state index in [2.05, 4.69) is 0 Å². The Kier molecular flexibility index (Phi) is 3.92. The molecule has 2 aromatic carbocycles. The van der Waals surface area contributed by atoms with Gasteiger partial charge < -0.3 is 10.8 Å². The maximum Gasteiger partial charge on any atom is 0.305 e. The predicted octanol–water partition coefficient (Wildman–Crippen LogP) is 2.97. The first kappa shape index (κ1) is 13.2. The number of aliphatic carboxylic acids is 1. The molecular weight excluding hydrogens is 245 g/mol. The van der Waals surface area contributed by atoms with Gasteiger partial charge in [-0.2, -0.15) is 0 Å². The molecule has 0 unspecified atom stereocenters. The zero-order chi connectivity index (χ0) is 13.8. The topological polar surface area (TPSA) is 63.3 Å². The van der Waals surface area contributed by atoms with E-state index in [4.69, 9.17) is 10.8 Å². The molecule has 2 aromatic rings. The normalized spacial score (nSPS) is 12.1. The van der Waals surface area contributed by atoms with Gasteiger partial charge in [-0.1, -0.05) is 36.4 Å². The van der Waals surface area contributed by atoms with Crippen LogP contribution < -0.4 is 5.73 Å². The van der Waals surface area contributed by atoms with Gasteiger partial charge in [0.2, 0.25) is 0 Å². The van der Waals surface area contributed by atoms with E-state index in [0.717, 1.165) is 5.56 Å². The lowest BCUT2D eigenvalue weighted by atomic mass is 9.98. The van der Waals surface area contributed by atoms with Gasteiger partial charge in [0.05, 0.1) is 6.42 Å². The lowest BCUT2D eigenvalue weighted by Gasteiger charge is -2.12. The van der Waals surface area contributed by atoms with Crippen molar-refractivity contribution < 1.29 is 14.3 Å². The number of hydrogen-bond acceptors (Lipinski definition) is 2. The molecule has 0 aliphatic rings. The number of benzene rings is 2. The van der Waals surface area contributed by atoms with E-state index in [1.54, 1.807) is 18.2 Å². The lowest BCUT2D eigenvalue weighted by Crippen LogP contribution is -2.15. The van der Waals surface area contributed by atoms with Gasteiger partial charge in [0.15, 0.2) is 0 Å². The summed E-state index contributed by atoms with van der Waals surface area (Å²) in [4.78, 5) is 10.7. The van der Waals surface area contributed by atoms with Crippen molar-refractivity contribution in [3.05, 3.63) is 59.9 Å². The Hall–Kier alpha value is -2.20. The maximum absolute atomic E-state index is 13.8. The first-order chi connectivity index (χ1) is 9.08. The van der Waals surface area contributed by atoms with Gasteiger partial charge in [-0.3, -0.25) is 4.79 Å². The predicted molar refractivity (Wildman–Crippen MR) is 71.0 cm³/mol. The third kappa shape index (κ3) is 3.17. The second kappa shape index (κ2) is 5.63. The van der Waals surface area contributed by atoms with E-state index in [-0.39, 0.29) is 12.2 Å². The average molecular weight is 259 g/mol. The highest BCUT2D eigenvalue weighted by atomic mass is 19.1. The molecule has 0 aliphatic carbocycles. The van der Waals surface area contributed by atoms with Crippen LogP contribution in [0.5, 0.6) is 0 Å². The Morgan fingerprint density at radius 3 is 2.53 bits per heavy atom. The molecule has 0 bridgehead atoms. The van der Waals surface area contributed by atoms with Crippen LogP contribution in [-0.2, 0) is 4.79 Å². The van der Waals surface area contributed by atoms with Gasteiger partial charge in [0.1, 0.15) is 5.82 Å². The molecular formula is C15H14FNO2. The minimum absolute atomic E-state index is 0.181. The molecule has 0 aromatic heterocycles. The Balaban J connectivity index is 2.38. The second-order valence-electron chi connectivity index (χ2n) is 4.31. The van der Waals surface area contributed by atoms with Crippen molar-refractivity contribution in [1.29, 1.82) is 0 Å². The molecule has 0 radical (unpaired) electrons. The van der Waals surface area contributed by atoms with E-state index < -0.39 is 12.0 Å². The molecule has 0 aliphatic heterocycles. The van der Waals surface area contributed by atoms with Crippen LogP contribution in [0.15, 0.2) is 48.5 Å². The zero-order valence-corrected chi connectivity index (χ0v) is 10.2. The highest BCUT2D eigenvalue weighted by Crippen LogP contribution is 2.26. The van der Waals surface area contributed by atoms with Crippen LogP contribution in [-0.4, -0.2) is 11.1 Å². The molecule has 0 saturated carbocycles. The number of carboxylic acids is 1. The van der Waals surface area contributed by atoms with Gasteiger partial charge in [0, 0.05) is 11.6 Å². The molecule has 3 N–H and O–H groups in total. The minimum atomic E-state index is -0.974. The van der Waals surface area contributed by atoms with E-state index in [9.17, 15) is 9.18 Å². The lowest BCUT2D eigenvalue weighted by molar-refractivity contribution is -0.137. The summed E-state index contributed by atoms with van der Waals surface area (Å²) in [6.07, 6.45) is -0.181. The molecule has 0 amide bonds. The number of nitrogens with two attached hydrogens (primary N) is 1. The van der Waals surface area contributed by atoms with Gasteiger partial charge in [0.25, 0.3) is 0 Å². The molecule has 98 valence electrons. The quantitative estimate of drug-likeness (QED) is 0.887. The maximum atomic E-state index is 13.8. The summed E-state index contributed by atoms with van der Waals surface area (Å²) in [5, 5.41) is 8.73. The van der Waals surface area contributed by atoms with Crippen molar-refractivity contribution in [3.63, 3.8) is 0 Å². The van der Waals surface area contributed by atoms with Crippen LogP contribution in [0.1, 0.15) is 18.0 Å². The van der Waals surface area contributed by atoms with Crippen LogP contribution >= 0.6 is 0 Å². The highest BCUT2D eigenvalue weighted by molar-refractivity contribution is 5.69. The van der Waals surface area contributed by atoms with E-state index in [1.807, 2.05) is 18.2 Å². The van der Waals surface area contributed by atoms with Crippen molar-refractivity contribution in [2.45, 2.75) is 12.5 Å². The number of hydrogen-bond donors (Lipinski definition) is 2. The Morgan fingerprint density at radius 1 is 1.21 bits per heavy atom. The summed E-state index contributed by atoms with van der Waals surface area (Å²) in [7, 11) is 0. The van der Waals surface area contributed by atoms with Gasteiger partial charge in [-0.05, 0) is 23.3 Å². The number of halogens is 1. The fourth-order valence-electron chi connectivity index (χ4n) is 1.92. The van der Waals surface area contributed by atoms with Gasteiger partial charge >= 0.3 is 5.97 Å². The standard InChI is InChI=1S/C15H14FNO2/c16-13-7-6-11(14(17)9-15(18)19)8-12(13)10-4-2-1-3-5-10/h1-8,14H,9,17H2,(H,18,19)/t14-/m0/s1. The fraction of sp³-hybridized carbons (Fsp3) is 0.133. The van der Waals surface area contributed by atoms with E-state index in [1.165, 1.54) is 12.1 Å². The minimum Gasteiger partial charge on any atom is -0.481 e. The van der Waals surface area contributed by atoms with Crippen LogP contribution in [0.2, 0.25) is 0 Å². The Labute approximate surface area is 110 Å². The SMILES string of the molecule is N[C@@H](CC(=O)O)c1ccc(F)c(-c2ccccc2)c1. The summed E-state index contributed by atoms with van der Waals surface area (Å²) >= 11 is 0. The zero-order valence-electron chi connectivity index (χ0n) is 10.2. The Bertz CT molecular complexity index is 584. The largest absolute Gasteiger partial charge is 0.481 e. The van der Waals surface area contributed by atoms with Crippen molar-refractivity contribution in [2.75, 3.05) is 0 Å². The second-order valence-corrected chi connectivity index (χ2v) is 4.31. The molecule has 0 heterocycles. The van der Waals surface area contributed by atoms with Crippen molar-refractivity contribution in [2.24, 2.45) is 5.73 Å². The van der Waals surface area contributed by atoms with Crippen molar-refractivity contribution in [3.8, 4) is 11.1 Å². The van der Waals surface area contributed by atoms with Crippen molar-refractivity contribution in [1.82, 2.24) is 0 Å². The first-order valence-corrected chi connectivity index (χ1v) is 5.90. The fourth-order valence-corrected chi connectivity index (χ4v) is 1.92. The summed E-state index contributed by atoms with van der Waals surface area (Å²) in [5.41, 5.74) is 7.57. The summed E-state index contributed by atoms with van der Waals surface area (Å²) in [6, 6.07) is 12.9. The molecule has 3 nitrogen and oxygen atoms in total. The number of rotatable bonds is 4. The third-order valence-corrected chi connectivity index (χ3v) is 2.90. The van der Waals surface area contributed by atoms with E-state index in [0.29, 0.717) is 11.1 Å². The van der Waals surface area contributed by atoms with Gasteiger partial charge in [-0.25, -0.2) is 4.39 Å². The van der Waals surface area contributed by atoms with Gasteiger partial charge in [-0.15, -0.1) is 0 Å². The first-order valence-electron chi connectivity index (χ1n) is 5.90. The molecule has 4 heteroatoms. The van der Waals surface area contributed by atoms with Crippen LogP contribution in [0.25, 0.3) is 11.1 Å². The molecule has 2 rings (SSSR count). The molecule has 1 atom stereocenters. The van der Waals surface area contributed by atoms with Crippen LogP contribution in [0.3, 0.4) is 0 Å². The third-order valence-electron chi connectivity index (χ3n) is 2.90. The number of carbonyl (C=O) groups is 1. The summed E-state index contributed by atoms with van der Waals surface area (Å²) in [5.74, 6) is -1.32. The molecule has 19 heavy (non-hydrogen) atoms. The molecule has 0 saturated heterocycles. The summed E-state index contributed by atoms with van der Waals surface area (Å²) < 4.78 is 13.8. The van der Waals surface area contributed by atoms with Crippen LogP contribution in [0.4, 0.5) is 4.39 Å². The highest BCUT2D eigenvalue weighted by Gasteiger charge is 2.13. The smallest absolute Gasteiger partial charge is 0.305 e. The monoisotopic (exact) mass is 259 g/mol. The molecule has 0 spiro atoms. The average Bonchev–Trinajstić information content (AvgIpc) is 2.39. The van der Waals surface area contributed by atoms with Crippen molar-refractivity contribution >= 4 is 5.97 Å². The molecule has 0 fully saturated rings. The summed E-state index contributed by atoms with van der Waals surface area (Å²) in [6.45, 7) is 0. The van der Waals surface area contributed by atoms with Crippen LogP contribution in [0, 0.1) is 5.82 Å².